The van der Waals surface area contributed by atoms with Gasteiger partial charge in [-0.15, -0.1) is 0 Å². The molecule has 6 heteroatoms. The van der Waals surface area contributed by atoms with Gasteiger partial charge in [0.15, 0.2) is 0 Å². The molecule has 0 unspecified atom stereocenters. The van der Waals surface area contributed by atoms with Gasteiger partial charge in [0.2, 0.25) is 0 Å². The van der Waals surface area contributed by atoms with Gasteiger partial charge in [0.05, 0.1) is 7.11 Å². The maximum atomic E-state index is 12.8. The van der Waals surface area contributed by atoms with Gasteiger partial charge < -0.3 is 4.74 Å². The molecule has 1 aromatic carbocycles. The molecule has 2 fully saturated rings. The average molecular weight is 338 g/mol. The third kappa shape index (κ3) is 3.39. The number of hydrogen-bond donors (Lipinski definition) is 0. The monoisotopic (exact) mass is 338 g/mol. The topological polar surface area (TPSA) is 49.9 Å². The van der Waals surface area contributed by atoms with Crippen LogP contribution in [0.1, 0.15) is 37.7 Å². The molecule has 3 rings (SSSR count). The summed E-state index contributed by atoms with van der Waals surface area (Å²) in [6.45, 7) is 3.18. The summed E-state index contributed by atoms with van der Waals surface area (Å²) < 4.78 is 34.0. The lowest BCUT2D eigenvalue weighted by Gasteiger charge is -2.29. The molecule has 1 heterocycles. The van der Waals surface area contributed by atoms with Gasteiger partial charge in [-0.1, -0.05) is 12.1 Å². The van der Waals surface area contributed by atoms with E-state index in [1.54, 1.807) is 22.8 Å². The second-order valence-corrected chi connectivity index (χ2v) is 8.71. The summed E-state index contributed by atoms with van der Waals surface area (Å²) in [5.74, 6) is 1.63. The Morgan fingerprint density at radius 1 is 1.22 bits per heavy atom. The summed E-state index contributed by atoms with van der Waals surface area (Å²) in [6, 6.07) is 8.05. The first kappa shape index (κ1) is 16.7. The lowest BCUT2D eigenvalue weighted by Crippen LogP contribution is -2.45. The normalized spacial score (nSPS) is 24.1. The molecule has 2 aliphatic rings. The molecule has 0 amide bonds. The van der Waals surface area contributed by atoms with Crippen molar-refractivity contribution in [2.75, 3.05) is 27.2 Å². The van der Waals surface area contributed by atoms with Crippen molar-refractivity contribution in [1.29, 1.82) is 0 Å². The van der Waals surface area contributed by atoms with Gasteiger partial charge in [-0.2, -0.15) is 17.0 Å². The van der Waals surface area contributed by atoms with E-state index in [4.69, 9.17) is 4.74 Å². The molecular formula is C17H26N2O3S. The van der Waals surface area contributed by atoms with Crippen LogP contribution in [0, 0.1) is 5.92 Å². The number of rotatable bonds is 6. The molecule has 0 aromatic heterocycles. The highest BCUT2D eigenvalue weighted by Gasteiger charge is 2.40. The Morgan fingerprint density at radius 2 is 1.87 bits per heavy atom. The fourth-order valence-corrected chi connectivity index (χ4v) is 5.01. The Labute approximate surface area is 139 Å². The molecule has 0 N–H and O–H groups in total. The van der Waals surface area contributed by atoms with Crippen LogP contribution in [0.25, 0.3) is 0 Å². The summed E-state index contributed by atoms with van der Waals surface area (Å²) >= 11 is 0. The molecule has 1 aliphatic heterocycles. The summed E-state index contributed by atoms with van der Waals surface area (Å²) in [7, 11) is 0.0151. The number of benzene rings is 1. The number of hydrogen-bond acceptors (Lipinski definition) is 3. The minimum atomic E-state index is -3.35. The Morgan fingerprint density at radius 3 is 2.43 bits per heavy atom. The van der Waals surface area contributed by atoms with Gasteiger partial charge in [-0.3, -0.25) is 0 Å². The molecule has 1 saturated heterocycles. The molecule has 0 bridgehead atoms. The van der Waals surface area contributed by atoms with Crippen molar-refractivity contribution in [3.8, 4) is 5.75 Å². The third-order valence-corrected chi connectivity index (χ3v) is 7.35. The zero-order valence-corrected chi connectivity index (χ0v) is 14.9. The molecule has 2 atom stereocenters. The first-order valence-electron chi connectivity index (χ1n) is 8.30. The maximum absolute atomic E-state index is 12.8. The van der Waals surface area contributed by atoms with E-state index in [1.807, 2.05) is 31.2 Å². The Kier molecular flexibility index (Phi) is 4.67. The molecule has 5 nitrogen and oxygen atoms in total. The van der Waals surface area contributed by atoms with Gasteiger partial charge >= 0.3 is 0 Å². The molecule has 0 spiro atoms. The highest BCUT2D eigenvalue weighted by atomic mass is 32.2. The van der Waals surface area contributed by atoms with Crippen molar-refractivity contribution in [1.82, 2.24) is 8.61 Å². The van der Waals surface area contributed by atoms with E-state index < -0.39 is 10.2 Å². The summed E-state index contributed by atoms with van der Waals surface area (Å²) in [5, 5.41) is 0. The van der Waals surface area contributed by atoms with Crippen LogP contribution < -0.4 is 4.74 Å². The second-order valence-electron chi connectivity index (χ2n) is 6.72. The van der Waals surface area contributed by atoms with Crippen LogP contribution in [0.15, 0.2) is 24.3 Å². The zero-order valence-electron chi connectivity index (χ0n) is 14.1. The minimum absolute atomic E-state index is 0.0973. The van der Waals surface area contributed by atoms with Crippen molar-refractivity contribution in [3.63, 3.8) is 0 Å². The largest absolute Gasteiger partial charge is 0.497 e. The van der Waals surface area contributed by atoms with Crippen LogP contribution in [0.3, 0.4) is 0 Å². The first-order chi connectivity index (χ1) is 10.9. The number of methoxy groups -OCH3 is 1. The van der Waals surface area contributed by atoms with E-state index in [0.717, 1.165) is 25.0 Å². The van der Waals surface area contributed by atoms with E-state index in [0.29, 0.717) is 19.0 Å². The van der Waals surface area contributed by atoms with E-state index in [-0.39, 0.29) is 12.0 Å². The highest BCUT2D eigenvalue weighted by Crippen LogP contribution is 2.37. The quantitative estimate of drug-likeness (QED) is 0.800. The van der Waals surface area contributed by atoms with Crippen molar-refractivity contribution in [2.24, 2.45) is 5.92 Å². The Hall–Kier alpha value is -1.11. The lowest BCUT2D eigenvalue weighted by molar-refractivity contribution is 0.322. The molecule has 128 valence electrons. The zero-order chi connectivity index (χ0) is 16.6. The first-order valence-corrected chi connectivity index (χ1v) is 9.70. The van der Waals surface area contributed by atoms with Gasteiger partial charge in [-0.05, 0) is 55.7 Å². The van der Waals surface area contributed by atoms with Crippen molar-refractivity contribution < 1.29 is 13.2 Å². The molecule has 0 radical (unpaired) electrons. The van der Waals surface area contributed by atoms with Crippen molar-refractivity contribution in [2.45, 2.75) is 38.1 Å². The Bertz CT molecular complexity index is 640. The van der Waals surface area contributed by atoms with Gasteiger partial charge in [-0.25, -0.2) is 0 Å². The van der Waals surface area contributed by atoms with Crippen molar-refractivity contribution in [3.05, 3.63) is 29.8 Å². The van der Waals surface area contributed by atoms with E-state index in [2.05, 4.69) is 0 Å². The second kappa shape index (κ2) is 6.42. The third-order valence-electron chi connectivity index (χ3n) is 5.31. The predicted molar refractivity (Wildman–Crippen MR) is 90.8 cm³/mol. The Balaban J connectivity index is 1.68. The predicted octanol–water partition coefficient (Wildman–Crippen LogP) is 2.46. The van der Waals surface area contributed by atoms with Crippen molar-refractivity contribution >= 4 is 10.2 Å². The van der Waals surface area contributed by atoms with Crippen LogP contribution in [-0.2, 0) is 10.2 Å². The van der Waals surface area contributed by atoms with Crippen LogP contribution in [0.2, 0.25) is 0 Å². The molecule has 1 saturated carbocycles. The molecule has 1 aliphatic carbocycles. The highest BCUT2D eigenvalue weighted by molar-refractivity contribution is 7.86. The smallest absolute Gasteiger partial charge is 0.281 e. The molecule has 23 heavy (non-hydrogen) atoms. The van der Waals surface area contributed by atoms with Crippen LogP contribution in [0.4, 0.5) is 0 Å². The van der Waals surface area contributed by atoms with E-state index in [1.165, 1.54) is 5.56 Å². The van der Waals surface area contributed by atoms with Gasteiger partial charge in [0, 0.05) is 26.2 Å². The molecule has 1 aromatic rings. The van der Waals surface area contributed by atoms with E-state index in [9.17, 15) is 8.42 Å². The fourth-order valence-electron chi connectivity index (χ4n) is 3.35. The number of ether oxygens (including phenoxy) is 1. The standard InChI is InChI=1S/C17H26N2O3S/c1-13(14-4-5-14)18(2)23(20,21)19-11-10-16(12-19)15-6-8-17(22-3)9-7-15/h6-9,13-14,16H,4-5,10-12H2,1-3H3/t13-,16-/m0/s1. The summed E-state index contributed by atoms with van der Waals surface area (Å²) in [5.41, 5.74) is 1.18. The summed E-state index contributed by atoms with van der Waals surface area (Å²) in [4.78, 5) is 0. The van der Waals surface area contributed by atoms with Crippen LogP contribution in [0.5, 0.6) is 5.75 Å². The summed E-state index contributed by atoms with van der Waals surface area (Å²) in [6.07, 6.45) is 3.17. The average Bonchev–Trinajstić information content (AvgIpc) is 3.29. The number of nitrogens with zero attached hydrogens (tertiary/aromatic N) is 2. The van der Waals surface area contributed by atoms with Gasteiger partial charge in [0.1, 0.15) is 5.75 Å². The van der Waals surface area contributed by atoms with Crippen LogP contribution in [-0.4, -0.2) is 50.3 Å². The minimum Gasteiger partial charge on any atom is -0.497 e. The SMILES string of the molecule is COc1ccc([C@H]2CCN(S(=O)(=O)N(C)[C@@H](C)C3CC3)C2)cc1. The fraction of sp³-hybridized carbons (Fsp3) is 0.647. The molecular weight excluding hydrogens is 312 g/mol. The maximum Gasteiger partial charge on any atom is 0.281 e. The van der Waals surface area contributed by atoms with E-state index >= 15 is 0 Å². The van der Waals surface area contributed by atoms with Gasteiger partial charge in [0.25, 0.3) is 10.2 Å². The van der Waals surface area contributed by atoms with Crippen LogP contribution >= 0.6 is 0 Å². The lowest BCUT2D eigenvalue weighted by atomic mass is 9.99.